The fraction of sp³-hybridized carbons (Fsp3) is 0.500. The first-order chi connectivity index (χ1) is 5.52. The number of carbonyl (C=O) groups excluding carboxylic acids is 1. The molecule has 2 N–H and O–H groups in total. The summed E-state index contributed by atoms with van der Waals surface area (Å²) < 4.78 is 0. The number of hydrogen-bond acceptors (Lipinski definition) is 2. The van der Waals surface area contributed by atoms with Gasteiger partial charge in [0.2, 0.25) is 5.91 Å². The predicted molar refractivity (Wildman–Crippen MR) is 42.5 cm³/mol. The van der Waals surface area contributed by atoms with Crippen LogP contribution in [0.5, 0.6) is 0 Å². The minimum atomic E-state index is -1.09. The van der Waals surface area contributed by atoms with E-state index in [2.05, 4.69) is 5.32 Å². The first-order valence-corrected chi connectivity index (χ1v) is 3.74. The first-order valence-electron chi connectivity index (χ1n) is 3.74. The van der Waals surface area contributed by atoms with Crippen LogP contribution in [0.2, 0.25) is 0 Å². The summed E-state index contributed by atoms with van der Waals surface area (Å²) in [5, 5.41) is 11.2. The Bertz CT molecular complexity index is 257. The van der Waals surface area contributed by atoms with Gasteiger partial charge in [-0.15, -0.1) is 0 Å². The average Bonchev–Trinajstić information content (AvgIpc) is 1.82. The largest absolute Gasteiger partial charge is 0.480 e. The van der Waals surface area contributed by atoms with Crippen LogP contribution >= 0.6 is 0 Å². The predicted octanol–water partition coefficient (Wildman–Crippen LogP) is 0.152. The summed E-state index contributed by atoms with van der Waals surface area (Å²) in [6, 6.07) is -0.0619. The lowest BCUT2D eigenvalue weighted by molar-refractivity contribution is -0.145. The lowest BCUT2D eigenvalue weighted by Gasteiger charge is -2.22. The number of carboxylic acids is 1. The fourth-order valence-corrected chi connectivity index (χ4v) is 1.35. The van der Waals surface area contributed by atoms with Gasteiger partial charge in [0.05, 0.1) is 0 Å². The highest BCUT2D eigenvalue weighted by Gasteiger charge is 2.31. The minimum Gasteiger partial charge on any atom is -0.480 e. The summed E-state index contributed by atoms with van der Waals surface area (Å²) >= 11 is 0. The van der Waals surface area contributed by atoms with E-state index in [1.807, 2.05) is 0 Å². The Balaban J connectivity index is 2.94. The quantitative estimate of drug-likeness (QED) is 0.434. The maximum absolute atomic E-state index is 11.1. The van der Waals surface area contributed by atoms with E-state index >= 15 is 0 Å². The average molecular weight is 169 g/mol. The molecule has 0 saturated heterocycles. The Morgan fingerprint density at radius 2 is 2.25 bits per heavy atom. The lowest BCUT2D eigenvalue weighted by Crippen LogP contribution is -2.44. The molecule has 0 aromatic rings. The molecule has 0 spiro atoms. The number of nitrogens with one attached hydrogen (secondary N) is 1. The highest BCUT2D eigenvalue weighted by Crippen LogP contribution is 2.16. The Morgan fingerprint density at radius 3 is 2.67 bits per heavy atom. The van der Waals surface area contributed by atoms with Crippen molar-refractivity contribution in [3.05, 3.63) is 11.6 Å². The number of hydrogen-bond donors (Lipinski definition) is 2. The molecule has 0 bridgehead atoms. The molecule has 4 heteroatoms. The highest BCUT2D eigenvalue weighted by molar-refractivity contribution is 6.00. The van der Waals surface area contributed by atoms with Gasteiger partial charge in [-0.25, -0.2) is 0 Å². The molecule has 1 aliphatic heterocycles. The zero-order valence-corrected chi connectivity index (χ0v) is 7.00. The van der Waals surface area contributed by atoms with Crippen molar-refractivity contribution in [1.29, 1.82) is 0 Å². The summed E-state index contributed by atoms with van der Waals surface area (Å²) in [6.07, 6.45) is 1.75. The van der Waals surface area contributed by atoms with Gasteiger partial charge >= 0.3 is 5.97 Å². The number of amides is 1. The molecule has 1 aliphatic rings. The van der Waals surface area contributed by atoms with E-state index in [1.165, 1.54) is 0 Å². The minimum absolute atomic E-state index is 0.0619. The molecule has 0 aromatic heterocycles. The summed E-state index contributed by atoms with van der Waals surface area (Å²) in [5.74, 6) is -2.51. The van der Waals surface area contributed by atoms with E-state index in [4.69, 9.17) is 5.11 Å². The van der Waals surface area contributed by atoms with Gasteiger partial charge in [0, 0.05) is 6.04 Å². The van der Waals surface area contributed by atoms with E-state index in [1.54, 1.807) is 19.9 Å². The van der Waals surface area contributed by atoms with Crippen LogP contribution in [-0.2, 0) is 9.59 Å². The van der Waals surface area contributed by atoms with Crippen molar-refractivity contribution in [2.45, 2.75) is 19.9 Å². The van der Waals surface area contributed by atoms with E-state index in [9.17, 15) is 9.59 Å². The van der Waals surface area contributed by atoms with Crippen molar-refractivity contribution in [3.8, 4) is 0 Å². The van der Waals surface area contributed by atoms with E-state index in [-0.39, 0.29) is 6.04 Å². The van der Waals surface area contributed by atoms with E-state index < -0.39 is 17.8 Å². The van der Waals surface area contributed by atoms with Crippen LogP contribution in [0.15, 0.2) is 11.6 Å². The molecule has 12 heavy (non-hydrogen) atoms. The maximum Gasteiger partial charge on any atom is 0.320 e. The third-order valence-electron chi connectivity index (χ3n) is 1.85. The van der Waals surface area contributed by atoms with Crippen molar-refractivity contribution in [2.24, 2.45) is 5.92 Å². The number of carbonyl (C=O) groups is 2. The normalized spacial score (nSPS) is 29.2. The van der Waals surface area contributed by atoms with Crippen LogP contribution in [0.1, 0.15) is 13.8 Å². The maximum atomic E-state index is 11.1. The van der Waals surface area contributed by atoms with Gasteiger partial charge in [0.1, 0.15) is 0 Å². The summed E-state index contributed by atoms with van der Waals surface area (Å²) in [6.45, 7) is 3.47. The van der Waals surface area contributed by atoms with Gasteiger partial charge in [0.15, 0.2) is 5.92 Å². The van der Waals surface area contributed by atoms with Crippen molar-refractivity contribution < 1.29 is 14.7 Å². The van der Waals surface area contributed by atoms with E-state index in [0.29, 0.717) is 5.57 Å². The van der Waals surface area contributed by atoms with Gasteiger partial charge in [0.25, 0.3) is 0 Å². The lowest BCUT2D eigenvalue weighted by atomic mass is 9.94. The van der Waals surface area contributed by atoms with Crippen molar-refractivity contribution in [2.75, 3.05) is 0 Å². The van der Waals surface area contributed by atoms with Crippen molar-refractivity contribution in [3.63, 3.8) is 0 Å². The SMILES string of the molecule is CC1=C[C@@H](C)NC(=O)[C@@H]1C(=O)O. The van der Waals surface area contributed by atoms with Crippen LogP contribution in [0.25, 0.3) is 0 Å². The molecular weight excluding hydrogens is 158 g/mol. The third-order valence-corrected chi connectivity index (χ3v) is 1.85. The van der Waals surface area contributed by atoms with E-state index in [0.717, 1.165) is 0 Å². The van der Waals surface area contributed by atoms with Gasteiger partial charge in [-0.3, -0.25) is 9.59 Å². The first kappa shape index (κ1) is 8.77. The monoisotopic (exact) mass is 169 g/mol. The second kappa shape index (κ2) is 2.97. The molecule has 4 nitrogen and oxygen atoms in total. The second-order valence-corrected chi connectivity index (χ2v) is 2.98. The van der Waals surface area contributed by atoms with Crippen LogP contribution in [0, 0.1) is 5.92 Å². The molecule has 1 amide bonds. The van der Waals surface area contributed by atoms with Crippen LogP contribution in [-0.4, -0.2) is 23.0 Å². The Morgan fingerprint density at radius 1 is 1.67 bits per heavy atom. The van der Waals surface area contributed by atoms with Gasteiger partial charge < -0.3 is 10.4 Å². The molecule has 1 heterocycles. The summed E-state index contributed by atoms with van der Waals surface area (Å²) in [7, 11) is 0. The van der Waals surface area contributed by atoms with Gasteiger partial charge in [-0.1, -0.05) is 11.6 Å². The Kier molecular flexibility index (Phi) is 2.17. The Labute approximate surface area is 70.3 Å². The van der Waals surface area contributed by atoms with Crippen LogP contribution in [0.3, 0.4) is 0 Å². The molecule has 2 atom stereocenters. The molecule has 66 valence electrons. The topological polar surface area (TPSA) is 66.4 Å². The molecule has 0 unspecified atom stereocenters. The number of carboxylic acid groups (broad SMARTS) is 1. The van der Waals surface area contributed by atoms with Crippen LogP contribution < -0.4 is 5.32 Å². The number of rotatable bonds is 1. The zero-order valence-electron chi connectivity index (χ0n) is 7.00. The standard InChI is InChI=1S/C8H11NO3/c1-4-3-5(2)9-7(10)6(4)8(11)12/h3,5-6H,1-2H3,(H,9,10)(H,11,12)/t5-,6-/m1/s1. The number of aliphatic carboxylic acids is 1. The fourth-order valence-electron chi connectivity index (χ4n) is 1.35. The summed E-state index contributed by atoms with van der Waals surface area (Å²) in [4.78, 5) is 21.7. The molecule has 0 aliphatic carbocycles. The second-order valence-electron chi connectivity index (χ2n) is 2.98. The molecule has 0 aromatic carbocycles. The molecule has 0 saturated carbocycles. The Hall–Kier alpha value is -1.32. The molecule has 0 fully saturated rings. The third kappa shape index (κ3) is 1.47. The van der Waals surface area contributed by atoms with Gasteiger partial charge in [-0.2, -0.15) is 0 Å². The molecular formula is C8H11NO3. The smallest absolute Gasteiger partial charge is 0.320 e. The van der Waals surface area contributed by atoms with Gasteiger partial charge in [-0.05, 0) is 13.8 Å². The highest BCUT2D eigenvalue weighted by atomic mass is 16.4. The van der Waals surface area contributed by atoms with Crippen molar-refractivity contribution >= 4 is 11.9 Å². The summed E-state index contributed by atoms with van der Waals surface area (Å²) in [5.41, 5.74) is 0.610. The zero-order chi connectivity index (χ0) is 9.30. The molecule has 1 rings (SSSR count). The molecule has 0 radical (unpaired) electrons. The van der Waals surface area contributed by atoms with Crippen LogP contribution in [0.4, 0.5) is 0 Å². The van der Waals surface area contributed by atoms with Crippen molar-refractivity contribution in [1.82, 2.24) is 5.32 Å².